The van der Waals surface area contributed by atoms with Crippen LogP contribution < -0.4 is 5.32 Å². The predicted octanol–water partition coefficient (Wildman–Crippen LogP) is 1.28. The number of aromatic nitrogens is 2. The van der Waals surface area contributed by atoms with Crippen LogP contribution in [0.4, 0.5) is 0 Å². The van der Waals surface area contributed by atoms with Crippen molar-refractivity contribution < 1.29 is 14.3 Å². The van der Waals surface area contributed by atoms with Gasteiger partial charge in [0, 0.05) is 38.5 Å². The van der Waals surface area contributed by atoms with Crippen LogP contribution in [-0.4, -0.2) is 53.1 Å². The van der Waals surface area contributed by atoms with E-state index in [0.717, 1.165) is 5.82 Å². The number of nitriles is 1. The minimum absolute atomic E-state index is 0.110. The fourth-order valence-corrected chi connectivity index (χ4v) is 3.32. The van der Waals surface area contributed by atoms with Gasteiger partial charge in [-0.25, -0.2) is 4.98 Å². The van der Waals surface area contributed by atoms with Gasteiger partial charge in [-0.1, -0.05) is 6.07 Å². The molecule has 2 aromatic rings. The molecule has 1 atom stereocenters. The molecular weight excluding hydrogens is 358 g/mol. The normalized spacial score (nSPS) is 15.6. The molecule has 1 aromatic heterocycles. The Morgan fingerprint density at radius 2 is 2.21 bits per heavy atom. The van der Waals surface area contributed by atoms with Crippen LogP contribution in [0, 0.1) is 11.3 Å². The maximum absolute atomic E-state index is 12.9. The van der Waals surface area contributed by atoms with Crippen molar-refractivity contribution >= 4 is 11.8 Å². The third-order valence-electron chi connectivity index (χ3n) is 4.75. The molecule has 1 unspecified atom stereocenters. The second-order valence-corrected chi connectivity index (χ2v) is 6.67. The average Bonchev–Trinajstić information content (AvgIpc) is 3.11. The van der Waals surface area contributed by atoms with E-state index in [1.165, 1.54) is 0 Å². The molecule has 0 aliphatic carbocycles. The standard InChI is InChI=1S/C20H23N5O3/c1-14-19-23-17(11-18(26)22-6-9-28-2)13-24(19)7-8-25(14)20(27)16-5-3-4-15(10-16)12-21/h3-5,10,13-14H,6-9,11H2,1-2H3,(H,22,26). The molecule has 0 spiro atoms. The third kappa shape index (κ3) is 4.21. The molecule has 1 aromatic carbocycles. The SMILES string of the molecule is COCCNC(=O)Cc1cn2c(n1)C(C)N(C(=O)c1cccc(C#N)c1)CC2. The zero-order chi connectivity index (χ0) is 20.1. The second-order valence-electron chi connectivity index (χ2n) is 6.67. The van der Waals surface area contributed by atoms with Gasteiger partial charge in [-0.15, -0.1) is 0 Å². The highest BCUT2D eigenvalue weighted by Crippen LogP contribution is 2.26. The summed E-state index contributed by atoms with van der Waals surface area (Å²) in [6, 6.07) is 8.54. The van der Waals surface area contributed by atoms with Crippen LogP contribution in [0.2, 0.25) is 0 Å². The topological polar surface area (TPSA) is 100 Å². The molecule has 1 N–H and O–H groups in total. The molecule has 0 bridgehead atoms. The molecule has 0 saturated heterocycles. The molecule has 2 heterocycles. The fourth-order valence-electron chi connectivity index (χ4n) is 3.32. The number of ether oxygens (including phenoxy) is 1. The van der Waals surface area contributed by atoms with E-state index in [1.54, 1.807) is 36.3 Å². The highest BCUT2D eigenvalue weighted by atomic mass is 16.5. The summed E-state index contributed by atoms with van der Waals surface area (Å²) in [4.78, 5) is 31.3. The van der Waals surface area contributed by atoms with Crippen molar-refractivity contribution in [2.45, 2.75) is 25.9 Å². The van der Waals surface area contributed by atoms with Gasteiger partial charge in [0.2, 0.25) is 5.91 Å². The van der Waals surface area contributed by atoms with Crippen LogP contribution in [0.5, 0.6) is 0 Å². The minimum atomic E-state index is -0.225. The Kier molecular flexibility index (Phi) is 6.06. The van der Waals surface area contributed by atoms with E-state index in [9.17, 15) is 9.59 Å². The van der Waals surface area contributed by atoms with E-state index in [2.05, 4.69) is 16.4 Å². The Morgan fingerprint density at radius 3 is 2.96 bits per heavy atom. The van der Waals surface area contributed by atoms with Crippen molar-refractivity contribution in [3.8, 4) is 6.07 Å². The summed E-state index contributed by atoms with van der Waals surface area (Å²) in [5.41, 5.74) is 1.62. The molecule has 1 aliphatic rings. The summed E-state index contributed by atoms with van der Waals surface area (Å²) in [5, 5.41) is 11.8. The van der Waals surface area contributed by atoms with Crippen molar-refractivity contribution in [1.82, 2.24) is 19.8 Å². The number of nitrogens with zero attached hydrogens (tertiary/aromatic N) is 4. The number of hydrogen-bond acceptors (Lipinski definition) is 5. The number of amides is 2. The lowest BCUT2D eigenvalue weighted by molar-refractivity contribution is -0.120. The molecule has 2 amide bonds. The quantitative estimate of drug-likeness (QED) is 0.760. The zero-order valence-electron chi connectivity index (χ0n) is 16.0. The number of imidazole rings is 1. The molecular formula is C20H23N5O3. The van der Waals surface area contributed by atoms with Crippen LogP contribution in [0.15, 0.2) is 30.5 Å². The summed E-state index contributed by atoms with van der Waals surface area (Å²) in [7, 11) is 1.58. The Bertz CT molecular complexity index is 915. The van der Waals surface area contributed by atoms with Crippen molar-refractivity contribution in [3.05, 3.63) is 53.1 Å². The summed E-state index contributed by atoms with van der Waals surface area (Å²) >= 11 is 0. The predicted molar refractivity (Wildman–Crippen MR) is 101 cm³/mol. The highest BCUT2D eigenvalue weighted by Gasteiger charge is 2.30. The highest BCUT2D eigenvalue weighted by molar-refractivity contribution is 5.94. The molecule has 28 heavy (non-hydrogen) atoms. The van der Waals surface area contributed by atoms with Gasteiger partial charge in [-0.05, 0) is 25.1 Å². The molecule has 0 saturated carbocycles. The van der Waals surface area contributed by atoms with Gasteiger partial charge in [-0.2, -0.15) is 5.26 Å². The zero-order valence-corrected chi connectivity index (χ0v) is 16.0. The lowest BCUT2D eigenvalue weighted by Crippen LogP contribution is -2.41. The number of fused-ring (bicyclic) bond motifs is 1. The number of methoxy groups -OCH3 is 1. The van der Waals surface area contributed by atoms with Crippen molar-refractivity contribution in [3.63, 3.8) is 0 Å². The maximum Gasteiger partial charge on any atom is 0.254 e. The molecule has 1 aliphatic heterocycles. The largest absolute Gasteiger partial charge is 0.383 e. The minimum Gasteiger partial charge on any atom is -0.383 e. The summed E-state index contributed by atoms with van der Waals surface area (Å²) < 4.78 is 6.92. The average molecular weight is 381 g/mol. The first-order valence-electron chi connectivity index (χ1n) is 9.16. The Hall–Kier alpha value is -3.18. The smallest absolute Gasteiger partial charge is 0.254 e. The summed E-state index contributed by atoms with van der Waals surface area (Å²) in [6.07, 6.45) is 2.06. The van der Waals surface area contributed by atoms with Crippen molar-refractivity contribution in [2.24, 2.45) is 0 Å². The molecule has 8 heteroatoms. The van der Waals surface area contributed by atoms with Gasteiger partial charge in [-0.3, -0.25) is 9.59 Å². The maximum atomic E-state index is 12.9. The van der Waals surface area contributed by atoms with Gasteiger partial charge in [0.15, 0.2) is 0 Å². The number of nitrogens with one attached hydrogen (secondary N) is 1. The number of carbonyl (C=O) groups excluding carboxylic acids is 2. The number of carbonyl (C=O) groups is 2. The fraction of sp³-hybridized carbons (Fsp3) is 0.400. The van der Waals surface area contributed by atoms with Gasteiger partial charge >= 0.3 is 0 Å². The number of rotatable bonds is 6. The van der Waals surface area contributed by atoms with Crippen molar-refractivity contribution in [1.29, 1.82) is 5.26 Å². The molecule has 0 fully saturated rings. The second kappa shape index (κ2) is 8.67. The van der Waals surface area contributed by atoms with Crippen LogP contribution in [-0.2, 0) is 22.5 Å². The Morgan fingerprint density at radius 1 is 1.39 bits per heavy atom. The first-order valence-corrected chi connectivity index (χ1v) is 9.16. The van der Waals surface area contributed by atoms with E-state index in [-0.39, 0.29) is 24.3 Å². The van der Waals surface area contributed by atoms with E-state index in [1.807, 2.05) is 17.7 Å². The number of hydrogen-bond donors (Lipinski definition) is 1. The first-order chi connectivity index (χ1) is 13.5. The van der Waals surface area contributed by atoms with Crippen LogP contribution in [0.25, 0.3) is 0 Å². The van der Waals surface area contributed by atoms with E-state index in [0.29, 0.717) is 43.1 Å². The van der Waals surface area contributed by atoms with E-state index in [4.69, 9.17) is 10.00 Å². The van der Waals surface area contributed by atoms with Gasteiger partial charge in [0.1, 0.15) is 5.82 Å². The Labute approximate surface area is 163 Å². The third-order valence-corrected chi connectivity index (χ3v) is 4.75. The molecule has 146 valence electrons. The summed E-state index contributed by atoms with van der Waals surface area (Å²) in [5.74, 6) is 0.523. The molecule has 8 nitrogen and oxygen atoms in total. The van der Waals surface area contributed by atoms with Crippen LogP contribution in [0.1, 0.15) is 40.4 Å². The van der Waals surface area contributed by atoms with Crippen molar-refractivity contribution in [2.75, 3.05) is 26.8 Å². The van der Waals surface area contributed by atoms with E-state index < -0.39 is 0 Å². The lowest BCUT2D eigenvalue weighted by atomic mass is 10.1. The van der Waals surface area contributed by atoms with Gasteiger partial charge in [0.25, 0.3) is 5.91 Å². The van der Waals surface area contributed by atoms with Crippen LogP contribution >= 0.6 is 0 Å². The Balaban J connectivity index is 1.71. The number of benzene rings is 1. The van der Waals surface area contributed by atoms with Gasteiger partial charge in [0.05, 0.1) is 36.4 Å². The molecule has 3 rings (SSSR count). The lowest BCUT2D eigenvalue weighted by Gasteiger charge is -2.33. The van der Waals surface area contributed by atoms with Gasteiger partial charge < -0.3 is 19.5 Å². The monoisotopic (exact) mass is 381 g/mol. The first kappa shape index (κ1) is 19.6. The summed E-state index contributed by atoms with van der Waals surface area (Å²) in [6.45, 7) is 4.00. The van der Waals surface area contributed by atoms with E-state index >= 15 is 0 Å². The van der Waals surface area contributed by atoms with Crippen LogP contribution in [0.3, 0.4) is 0 Å². The molecule has 0 radical (unpaired) electrons.